The van der Waals surface area contributed by atoms with Crippen LogP contribution in [0.2, 0.25) is 0 Å². The molecule has 2 saturated carbocycles. The molecule has 0 aromatic rings. The highest BCUT2D eigenvalue weighted by molar-refractivity contribution is 4.86. The SMILES string of the molecule is CCCC1(C)CCC(C2CCC(CO)CC2)CC1. The number of aliphatic hydroxyl groups excluding tert-OH is 1. The van der Waals surface area contributed by atoms with E-state index < -0.39 is 0 Å². The van der Waals surface area contributed by atoms with Crippen molar-refractivity contribution in [2.45, 2.75) is 78.1 Å². The summed E-state index contributed by atoms with van der Waals surface area (Å²) in [5.41, 5.74) is 0.660. The molecular weight excluding hydrogens is 220 g/mol. The lowest BCUT2D eigenvalue weighted by atomic mass is 9.64. The van der Waals surface area contributed by atoms with Crippen molar-refractivity contribution in [1.82, 2.24) is 0 Å². The lowest BCUT2D eigenvalue weighted by Gasteiger charge is -2.42. The molecule has 0 heterocycles. The summed E-state index contributed by atoms with van der Waals surface area (Å²) in [7, 11) is 0. The monoisotopic (exact) mass is 252 g/mol. The highest BCUT2D eigenvalue weighted by Gasteiger charge is 2.34. The first-order chi connectivity index (χ1) is 8.67. The molecule has 2 aliphatic rings. The molecule has 0 bridgehead atoms. The summed E-state index contributed by atoms with van der Waals surface area (Å²) in [5.74, 6) is 2.61. The van der Waals surface area contributed by atoms with Crippen LogP contribution >= 0.6 is 0 Å². The summed E-state index contributed by atoms with van der Waals surface area (Å²) >= 11 is 0. The minimum Gasteiger partial charge on any atom is -0.396 e. The molecule has 1 N–H and O–H groups in total. The second kappa shape index (κ2) is 6.41. The van der Waals surface area contributed by atoms with E-state index in [1.54, 1.807) is 0 Å². The molecule has 0 aromatic heterocycles. The lowest BCUT2D eigenvalue weighted by Crippen LogP contribution is -2.30. The van der Waals surface area contributed by atoms with Crippen LogP contribution in [0.5, 0.6) is 0 Å². The molecule has 2 rings (SSSR count). The Morgan fingerprint density at radius 3 is 2.00 bits per heavy atom. The van der Waals surface area contributed by atoms with E-state index in [1.165, 1.54) is 64.2 Å². The molecule has 106 valence electrons. The van der Waals surface area contributed by atoms with E-state index in [1.807, 2.05) is 0 Å². The third-order valence-electron chi connectivity index (χ3n) is 5.91. The Labute approximate surface area is 113 Å². The van der Waals surface area contributed by atoms with Crippen LogP contribution < -0.4 is 0 Å². The smallest absolute Gasteiger partial charge is 0.0459 e. The maximum Gasteiger partial charge on any atom is 0.0459 e. The number of hydrogen-bond donors (Lipinski definition) is 1. The van der Waals surface area contributed by atoms with Crippen LogP contribution in [0.15, 0.2) is 0 Å². The molecule has 0 saturated heterocycles. The summed E-state index contributed by atoms with van der Waals surface area (Å²) in [6.45, 7) is 5.26. The Hall–Kier alpha value is -0.0400. The van der Waals surface area contributed by atoms with E-state index in [2.05, 4.69) is 13.8 Å². The third-order valence-corrected chi connectivity index (χ3v) is 5.91. The largest absolute Gasteiger partial charge is 0.396 e. The highest BCUT2D eigenvalue weighted by atomic mass is 16.3. The van der Waals surface area contributed by atoms with Crippen molar-refractivity contribution in [3.63, 3.8) is 0 Å². The summed E-state index contributed by atoms with van der Waals surface area (Å²) in [6.07, 6.45) is 14.0. The Kier molecular flexibility index (Phi) is 5.12. The Bertz CT molecular complexity index is 232. The highest BCUT2D eigenvalue weighted by Crippen LogP contribution is 2.47. The molecule has 0 aromatic carbocycles. The van der Waals surface area contributed by atoms with Gasteiger partial charge in [-0.2, -0.15) is 0 Å². The summed E-state index contributed by atoms with van der Waals surface area (Å²) < 4.78 is 0. The number of hydrogen-bond acceptors (Lipinski definition) is 1. The van der Waals surface area contributed by atoms with Gasteiger partial charge in [-0.25, -0.2) is 0 Å². The van der Waals surface area contributed by atoms with Crippen molar-refractivity contribution in [3.05, 3.63) is 0 Å². The van der Waals surface area contributed by atoms with Gasteiger partial charge < -0.3 is 5.11 Å². The van der Waals surface area contributed by atoms with Crippen molar-refractivity contribution < 1.29 is 5.11 Å². The van der Waals surface area contributed by atoms with Gasteiger partial charge in [0.15, 0.2) is 0 Å². The van der Waals surface area contributed by atoms with E-state index in [0.717, 1.165) is 11.8 Å². The van der Waals surface area contributed by atoms with E-state index in [4.69, 9.17) is 0 Å². The fraction of sp³-hybridized carbons (Fsp3) is 1.00. The third kappa shape index (κ3) is 3.50. The molecule has 18 heavy (non-hydrogen) atoms. The van der Waals surface area contributed by atoms with Gasteiger partial charge in [-0.05, 0) is 81.0 Å². The summed E-state index contributed by atoms with van der Waals surface area (Å²) in [4.78, 5) is 0. The maximum absolute atomic E-state index is 9.22. The van der Waals surface area contributed by atoms with Gasteiger partial charge in [-0.3, -0.25) is 0 Å². The van der Waals surface area contributed by atoms with Gasteiger partial charge >= 0.3 is 0 Å². The van der Waals surface area contributed by atoms with Crippen molar-refractivity contribution in [2.24, 2.45) is 23.2 Å². The average molecular weight is 252 g/mol. The van der Waals surface area contributed by atoms with Gasteiger partial charge in [-0.1, -0.05) is 20.3 Å². The van der Waals surface area contributed by atoms with Gasteiger partial charge in [0.05, 0.1) is 0 Å². The van der Waals surface area contributed by atoms with Gasteiger partial charge in [0.2, 0.25) is 0 Å². The van der Waals surface area contributed by atoms with Gasteiger partial charge in [-0.15, -0.1) is 0 Å². The average Bonchev–Trinajstić information content (AvgIpc) is 2.40. The summed E-state index contributed by atoms with van der Waals surface area (Å²) in [6, 6.07) is 0. The molecule has 1 nitrogen and oxygen atoms in total. The van der Waals surface area contributed by atoms with E-state index in [-0.39, 0.29) is 0 Å². The van der Waals surface area contributed by atoms with Crippen molar-refractivity contribution in [2.75, 3.05) is 6.61 Å². The van der Waals surface area contributed by atoms with Crippen LogP contribution in [0.3, 0.4) is 0 Å². The fourth-order valence-electron chi connectivity index (χ4n) is 4.50. The maximum atomic E-state index is 9.22. The van der Waals surface area contributed by atoms with Crippen LogP contribution in [0.4, 0.5) is 0 Å². The zero-order chi connectivity index (χ0) is 13.0. The second-order valence-electron chi connectivity index (χ2n) is 7.36. The van der Waals surface area contributed by atoms with Crippen molar-refractivity contribution in [3.8, 4) is 0 Å². The molecular formula is C17H32O. The zero-order valence-corrected chi connectivity index (χ0v) is 12.5. The Morgan fingerprint density at radius 2 is 1.50 bits per heavy atom. The summed E-state index contributed by atoms with van der Waals surface area (Å²) in [5, 5.41) is 9.22. The topological polar surface area (TPSA) is 20.2 Å². The predicted molar refractivity (Wildman–Crippen MR) is 77.5 cm³/mol. The fourth-order valence-corrected chi connectivity index (χ4v) is 4.50. The van der Waals surface area contributed by atoms with Crippen LogP contribution in [-0.4, -0.2) is 11.7 Å². The first-order valence-corrected chi connectivity index (χ1v) is 8.28. The first-order valence-electron chi connectivity index (χ1n) is 8.28. The molecule has 2 fully saturated rings. The van der Waals surface area contributed by atoms with E-state index >= 15 is 0 Å². The van der Waals surface area contributed by atoms with Gasteiger partial charge in [0.1, 0.15) is 0 Å². The molecule has 1 heteroatoms. The lowest BCUT2D eigenvalue weighted by molar-refractivity contribution is 0.0862. The zero-order valence-electron chi connectivity index (χ0n) is 12.5. The van der Waals surface area contributed by atoms with Crippen molar-refractivity contribution in [1.29, 1.82) is 0 Å². The van der Waals surface area contributed by atoms with Gasteiger partial charge in [0, 0.05) is 6.61 Å². The van der Waals surface area contributed by atoms with E-state index in [9.17, 15) is 5.11 Å². The van der Waals surface area contributed by atoms with Crippen molar-refractivity contribution >= 4 is 0 Å². The Balaban J connectivity index is 1.76. The van der Waals surface area contributed by atoms with Crippen LogP contribution in [0.25, 0.3) is 0 Å². The number of aliphatic hydroxyl groups is 1. The van der Waals surface area contributed by atoms with Crippen LogP contribution in [-0.2, 0) is 0 Å². The van der Waals surface area contributed by atoms with Crippen LogP contribution in [0.1, 0.15) is 78.1 Å². The molecule has 0 unspecified atom stereocenters. The Morgan fingerprint density at radius 1 is 0.944 bits per heavy atom. The molecule has 0 atom stereocenters. The molecule has 0 aliphatic heterocycles. The quantitative estimate of drug-likeness (QED) is 0.763. The first kappa shape index (κ1) is 14.4. The minimum atomic E-state index is 0.423. The molecule has 0 spiro atoms. The van der Waals surface area contributed by atoms with E-state index in [0.29, 0.717) is 17.9 Å². The van der Waals surface area contributed by atoms with Gasteiger partial charge in [0.25, 0.3) is 0 Å². The molecule has 2 aliphatic carbocycles. The second-order valence-corrected chi connectivity index (χ2v) is 7.36. The number of rotatable bonds is 4. The molecule has 0 amide bonds. The molecule has 0 radical (unpaired) electrons. The standard InChI is InChI=1S/C17H32O/c1-3-10-17(2)11-8-16(9-12-17)15-6-4-14(13-18)5-7-15/h14-16,18H,3-13H2,1-2H3. The minimum absolute atomic E-state index is 0.423. The predicted octanol–water partition coefficient (Wildman–Crippen LogP) is 4.78. The van der Waals surface area contributed by atoms with Crippen LogP contribution in [0, 0.1) is 23.2 Å². The normalized spacial score (nSPS) is 41.8.